The molecule has 0 radical (unpaired) electrons. The van der Waals surface area contributed by atoms with E-state index in [-0.39, 0.29) is 5.92 Å². The van der Waals surface area contributed by atoms with Gasteiger partial charge in [0.25, 0.3) is 0 Å². The van der Waals surface area contributed by atoms with E-state index in [1.165, 1.54) is 0 Å². The molecule has 3 nitrogen and oxygen atoms in total. The van der Waals surface area contributed by atoms with Crippen molar-refractivity contribution in [3.8, 4) is 0 Å². The van der Waals surface area contributed by atoms with Crippen molar-refractivity contribution in [2.45, 2.75) is 25.7 Å². The van der Waals surface area contributed by atoms with Gasteiger partial charge in [0.05, 0.1) is 0 Å². The molecule has 0 bridgehead atoms. The lowest BCUT2D eigenvalue weighted by Gasteiger charge is -2.22. The van der Waals surface area contributed by atoms with Crippen LogP contribution >= 0.6 is 0 Å². The third-order valence-corrected chi connectivity index (χ3v) is 2.90. The third kappa shape index (κ3) is 2.10. The Hall–Kier alpha value is -0.960. The Kier molecular flexibility index (Phi) is 3.09. The van der Waals surface area contributed by atoms with Gasteiger partial charge in [-0.2, -0.15) is 0 Å². The summed E-state index contributed by atoms with van der Waals surface area (Å²) in [5, 5.41) is 3.27. The van der Waals surface area contributed by atoms with E-state index >= 15 is 0 Å². The Labute approximate surface area is 84.3 Å². The highest BCUT2D eigenvalue weighted by molar-refractivity contribution is 5.98. The van der Waals surface area contributed by atoms with Crippen LogP contribution in [-0.2, 0) is 4.79 Å². The quantitative estimate of drug-likeness (QED) is 0.716. The summed E-state index contributed by atoms with van der Waals surface area (Å²) in [6, 6.07) is 0. The molecule has 2 aliphatic rings. The number of rotatable bonds is 2. The first-order chi connectivity index (χ1) is 6.88. The molecule has 14 heavy (non-hydrogen) atoms. The molecule has 0 aromatic rings. The summed E-state index contributed by atoms with van der Waals surface area (Å²) in [4.78, 5) is 16.0. The number of piperidine rings is 1. The number of carbonyl (C=O) groups excluding carboxylic acids is 1. The van der Waals surface area contributed by atoms with Gasteiger partial charge in [-0.05, 0) is 38.8 Å². The van der Waals surface area contributed by atoms with Gasteiger partial charge in [0.15, 0.2) is 5.78 Å². The van der Waals surface area contributed by atoms with Crippen LogP contribution in [-0.4, -0.2) is 25.1 Å². The minimum atomic E-state index is 0.246. The molecule has 0 atom stereocenters. The van der Waals surface area contributed by atoms with E-state index in [0.29, 0.717) is 5.78 Å². The molecule has 1 saturated heterocycles. The fourth-order valence-electron chi connectivity index (χ4n) is 2.03. The number of aliphatic imine (C=N–C) groups is 1. The topological polar surface area (TPSA) is 41.5 Å². The highest BCUT2D eigenvalue weighted by atomic mass is 16.1. The number of nitrogens with one attached hydrogen (secondary N) is 1. The molecule has 0 spiro atoms. The largest absolute Gasteiger partial charge is 0.317 e. The summed E-state index contributed by atoms with van der Waals surface area (Å²) >= 11 is 0. The molecule has 0 amide bonds. The van der Waals surface area contributed by atoms with Gasteiger partial charge < -0.3 is 5.32 Å². The predicted molar refractivity (Wildman–Crippen MR) is 56.4 cm³/mol. The van der Waals surface area contributed by atoms with E-state index in [1.54, 1.807) is 6.20 Å². The SMILES string of the molecule is O=C(C1=CN=CCC1)C1CCNCC1. The van der Waals surface area contributed by atoms with Crippen LogP contribution in [0.5, 0.6) is 0 Å². The maximum atomic E-state index is 12.0. The van der Waals surface area contributed by atoms with E-state index in [2.05, 4.69) is 10.3 Å². The molecule has 2 rings (SSSR count). The fraction of sp³-hybridized carbons (Fsp3) is 0.636. The van der Waals surface area contributed by atoms with Gasteiger partial charge in [-0.15, -0.1) is 0 Å². The molecule has 1 fully saturated rings. The van der Waals surface area contributed by atoms with Gasteiger partial charge >= 0.3 is 0 Å². The van der Waals surface area contributed by atoms with Crippen molar-refractivity contribution in [1.82, 2.24) is 5.32 Å². The van der Waals surface area contributed by atoms with E-state index in [9.17, 15) is 4.79 Å². The summed E-state index contributed by atoms with van der Waals surface area (Å²) in [6.45, 7) is 1.96. The zero-order chi connectivity index (χ0) is 9.80. The summed E-state index contributed by atoms with van der Waals surface area (Å²) < 4.78 is 0. The molecule has 1 N–H and O–H groups in total. The van der Waals surface area contributed by atoms with Crippen LogP contribution in [0.4, 0.5) is 0 Å². The van der Waals surface area contributed by atoms with Gasteiger partial charge in [-0.25, -0.2) is 0 Å². The molecule has 0 unspecified atom stereocenters. The standard InChI is InChI=1S/C11H16N2O/c14-11(9-3-6-12-7-4-9)10-2-1-5-13-8-10/h5,8-9,12H,1-4,6-7H2. The van der Waals surface area contributed by atoms with Crippen LogP contribution in [0.1, 0.15) is 25.7 Å². The van der Waals surface area contributed by atoms with Crippen molar-refractivity contribution < 1.29 is 4.79 Å². The van der Waals surface area contributed by atoms with Gasteiger partial charge in [0, 0.05) is 23.9 Å². The lowest BCUT2D eigenvalue weighted by atomic mass is 9.88. The average Bonchev–Trinajstić information content (AvgIpc) is 2.30. The molecular weight excluding hydrogens is 176 g/mol. The number of nitrogens with zero attached hydrogens (tertiary/aromatic N) is 1. The van der Waals surface area contributed by atoms with Crippen LogP contribution in [0.15, 0.2) is 16.8 Å². The van der Waals surface area contributed by atoms with E-state index in [4.69, 9.17) is 0 Å². The zero-order valence-electron chi connectivity index (χ0n) is 8.33. The van der Waals surface area contributed by atoms with Crippen molar-refractivity contribution in [3.63, 3.8) is 0 Å². The number of hydrogen-bond acceptors (Lipinski definition) is 3. The molecule has 2 aliphatic heterocycles. The van der Waals surface area contributed by atoms with Crippen LogP contribution in [0, 0.1) is 5.92 Å². The lowest BCUT2D eigenvalue weighted by molar-refractivity contribution is -0.120. The van der Waals surface area contributed by atoms with Gasteiger partial charge in [-0.3, -0.25) is 9.79 Å². The number of hydrogen-bond donors (Lipinski definition) is 1. The Morgan fingerprint density at radius 1 is 1.43 bits per heavy atom. The lowest BCUT2D eigenvalue weighted by Crippen LogP contribution is -2.32. The minimum absolute atomic E-state index is 0.246. The summed E-state index contributed by atoms with van der Waals surface area (Å²) in [7, 11) is 0. The maximum Gasteiger partial charge on any atom is 0.163 e. The summed E-state index contributed by atoms with van der Waals surface area (Å²) in [5.41, 5.74) is 0.930. The second-order valence-electron chi connectivity index (χ2n) is 3.91. The van der Waals surface area contributed by atoms with Crippen molar-refractivity contribution in [3.05, 3.63) is 11.8 Å². The number of allylic oxidation sites excluding steroid dienone is 1. The molecule has 2 heterocycles. The van der Waals surface area contributed by atoms with Crippen molar-refractivity contribution in [2.24, 2.45) is 10.9 Å². The van der Waals surface area contributed by atoms with Crippen molar-refractivity contribution in [1.29, 1.82) is 0 Å². The summed E-state index contributed by atoms with van der Waals surface area (Å²) in [6.07, 6.45) is 7.39. The molecule has 0 aromatic carbocycles. The molecular formula is C11H16N2O. The molecule has 3 heteroatoms. The third-order valence-electron chi connectivity index (χ3n) is 2.90. The number of ketones is 1. The van der Waals surface area contributed by atoms with Gasteiger partial charge in [-0.1, -0.05) is 0 Å². The predicted octanol–water partition coefficient (Wildman–Crippen LogP) is 1.30. The second-order valence-corrected chi connectivity index (χ2v) is 3.91. The maximum absolute atomic E-state index is 12.0. The van der Waals surface area contributed by atoms with Crippen LogP contribution < -0.4 is 5.32 Å². The van der Waals surface area contributed by atoms with Crippen LogP contribution in [0.3, 0.4) is 0 Å². The normalized spacial score (nSPS) is 23.3. The molecule has 0 aromatic heterocycles. The Morgan fingerprint density at radius 2 is 2.21 bits per heavy atom. The fourth-order valence-corrected chi connectivity index (χ4v) is 2.03. The molecule has 0 aliphatic carbocycles. The highest BCUT2D eigenvalue weighted by Gasteiger charge is 2.23. The zero-order valence-corrected chi connectivity index (χ0v) is 8.33. The first kappa shape index (κ1) is 9.59. The smallest absolute Gasteiger partial charge is 0.163 e. The first-order valence-corrected chi connectivity index (χ1v) is 5.33. The monoisotopic (exact) mass is 192 g/mol. The Morgan fingerprint density at radius 3 is 2.86 bits per heavy atom. The van der Waals surface area contributed by atoms with Gasteiger partial charge in [0.1, 0.15) is 0 Å². The van der Waals surface area contributed by atoms with E-state index in [0.717, 1.165) is 44.3 Å². The minimum Gasteiger partial charge on any atom is -0.317 e. The number of Topliss-reactive ketones (excluding diaryl/α,β-unsaturated/α-hetero) is 1. The van der Waals surface area contributed by atoms with Crippen LogP contribution in [0.2, 0.25) is 0 Å². The number of carbonyl (C=O) groups is 1. The van der Waals surface area contributed by atoms with Crippen molar-refractivity contribution >= 4 is 12.0 Å². The Bertz CT molecular complexity index is 275. The van der Waals surface area contributed by atoms with Gasteiger partial charge in [0.2, 0.25) is 0 Å². The second kappa shape index (κ2) is 4.51. The molecule has 76 valence electrons. The van der Waals surface area contributed by atoms with Crippen LogP contribution in [0.25, 0.3) is 0 Å². The molecule has 0 saturated carbocycles. The Balaban J connectivity index is 1.99. The first-order valence-electron chi connectivity index (χ1n) is 5.33. The van der Waals surface area contributed by atoms with Crippen molar-refractivity contribution in [2.75, 3.05) is 13.1 Å². The average molecular weight is 192 g/mol. The van der Waals surface area contributed by atoms with E-state index < -0.39 is 0 Å². The van der Waals surface area contributed by atoms with E-state index in [1.807, 2.05) is 6.21 Å². The summed E-state index contributed by atoms with van der Waals surface area (Å²) in [5.74, 6) is 0.583. The highest BCUT2D eigenvalue weighted by Crippen LogP contribution is 2.21.